The van der Waals surface area contributed by atoms with E-state index in [1.165, 1.54) is 11.1 Å². The first-order valence-electron chi connectivity index (χ1n) is 13.2. The van der Waals surface area contributed by atoms with Crippen molar-refractivity contribution in [1.82, 2.24) is 20.9 Å². The molecular formula is C26H42N6O4. The van der Waals surface area contributed by atoms with Gasteiger partial charge in [0.1, 0.15) is 17.8 Å². The highest BCUT2D eigenvalue weighted by atomic mass is 16.2. The molecule has 1 saturated carbocycles. The van der Waals surface area contributed by atoms with Crippen molar-refractivity contribution in [3.8, 4) is 0 Å². The van der Waals surface area contributed by atoms with E-state index in [9.17, 15) is 19.2 Å². The Hall–Kier alpha value is -3.04. The standard InChI is InChI=1S/C26H42N6O4/c1-4-6-11-18(3)30-25(35)21-14-10-15-32(21)22(33)17-29-26(36)23(19-12-8-7-9-13-19)31-24(34)20(27)16-28-5-2/h5,16,18-19,21,23,27H,2,4,6-15,17H2,1,3H3,(H,29,36)(H,30,35)(H,31,34). The zero-order chi connectivity index (χ0) is 26.5. The van der Waals surface area contributed by atoms with Crippen molar-refractivity contribution in [3.63, 3.8) is 0 Å². The third-order valence-electron chi connectivity index (χ3n) is 6.91. The van der Waals surface area contributed by atoms with Crippen LogP contribution in [-0.2, 0) is 19.2 Å². The first-order valence-corrected chi connectivity index (χ1v) is 13.2. The van der Waals surface area contributed by atoms with Gasteiger partial charge in [0.25, 0.3) is 5.91 Å². The van der Waals surface area contributed by atoms with Crippen LogP contribution in [0, 0.1) is 11.3 Å². The normalized spacial score (nSPS) is 19.9. The van der Waals surface area contributed by atoms with Gasteiger partial charge in [0, 0.05) is 18.8 Å². The molecule has 2 fully saturated rings. The molecule has 2 aliphatic rings. The summed E-state index contributed by atoms with van der Waals surface area (Å²) in [5, 5.41) is 16.2. The summed E-state index contributed by atoms with van der Waals surface area (Å²) in [6.07, 6.45) is 11.2. The summed E-state index contributed by atoms with van der Waals surface area (Å²) in [6.45, 7) is 7.71. The van der Waals surface area contributed by atoms with Crippen molar-refractivity contribution in [2.45, 2.75) is 96.2 Å². The fraction of sp³-hybridized carbons (Fsp3) is 0.692. The van der Waals surface area contributed by atoms with E-state index >= 15 is 0 Å². The van der Waals surface area contributed by atoms with Gasteiger partial charge in [0.05, 0.1) is 12.8 Å². The Morgan fingerprint density at radius 3 is 2.50 bits per heavy atom. The lowest BCUT2D eigenvalue weighted by molar-refractivity contribution is -0.139. The molecule has 2 rings (SSSR count). The second-order valence-electron chi connectivity index (χ2n) is 9.74. The largest absolute Gasteiger partial charge is 0.352 e. The van der Waals surface area contributed by atoms with Gasteiger partial charge in [-0.2, -0.15) is 0 Å². The number of unbranched alkanes of at least 4 members (excludes halogenated alkanes) is 1. The van der Waals surface area contributed by atoms with Crippen molar-refractivity contribution in [2.75, 3.05) is 13.1 Å². The molecule has 10 heteroatoms. The zero-order valence-electron chi connectivity index (χ0n) is 21.7. The van der Waals surface area contributed by atoms with Crippen LogP contribution < -0.4 is 16.0 Å². The van der Waals surface area contributed by atoms with Crippen LogP contribution in [0.1, 0.15) is 78.1 Å². The van der Waals surface area contributed by atoms with Crippen molar-refractivity contribution >= 4 is 35.6 Å². The molecule has 3 unspecified atom stereocenters. The Labute approximate surface area is 214 Å². The molecule has 4 amide bonds. The molecule has 1 aliphatic carbocycles. The van der Waals surface area contributed by atoms with Gasteiger partial charge in [-0.3, -0.25) is 29.6 Å². The van der Waals surface area contributed by atoms with Crippen LogP contribution in [-0.4, -0.2) is 71.7 Å². The maximum atomic E-state index is 13.1. The summed E-state index contributed by atoms with van der Waals surface area (Å²) in [5.74, 6) is -1.70. The van der Waals surface area contributed by atoms with Crippen molar-refractivity contribution in [2.24, 2.45) is 10.9 Å². The second kappa shape index (κ2) is 15.2. The average Bonchev–Trinajstić information content (AvgIpc) is 3.38. The number of hydrogen-bond donors (Lipinski definition) is 4. The van der Waals surface area contributed by atoms with Gasteiger partial charge < -0.3 is 20.9 Å². The highest BCUT2D eigenvalue weighted by Crippen LogP contribution is 2.27. The number of likely N-dealkylation sites (tertiary alicyclic amines) is 1. The molecule has 3 atom stereocenters. The Bertz CT molecular complexity index is 836. The van der Waals surface area contributed by atoms with Crippen LogP contribution in [0.5, 0.6) is 0 Å². The molecule has 10 nitrogen and oxygen atoms in total. The topological polar surface area (TPSA) is 144 Å². The minimum atomic E-state index is -0.847. The van der Waals surface area contributed by atoms with E-state index in [0.29, 0.717) is 13.0 Å². The lowest BCUT2D eigenvalue weighted by Crippen LogP contribution is -2.55. The lowest BCUT2D eigenvalue weighted by atomic mass is 9.83. The Morgan fingerprint density at radius 2 is 1.83 bits per heavy atom. The molecule has 200 valence electrons. The SMILES string of the molecule is C=CN=CC(=N)C(=O)NC(C(=O)NCC(=O)N1CCCC1C(=O)NC(C)CCCC)C1CCCCC1. The molecule has 0 aromatic rings. The van der Waals surface area contributed by atoms with E-state index in [2.05, 4.69) is 34.4 Å². The average molecular weight is 503 g/mol. The summed E-state index contributed by atoms with van der Waals surface area (Å²) in [6, 6.07) is -1.33. The third kappa shape index (κ3) is 8.87. The van der Waals surface area contributed by atoms with Crippen molar-refractivity contribution < 1.29 is 19.2 Å². The predicted octanol–water partition coefficient (Wildman–Crippen LogP) is 2.09. The van der Waals surface area contributed by atoms with Crippen LogP contribution in [0.15, 0.2) is 17.8 Å². The highest BCUT2D eigenvalue weighted by molar-refractivity contribution is 6.59. The molecule has 1 aliphatic heterocycles. The fourth-order valence-electron chi connectivity index (χ4n) is 4.90. The molecule has 1 saturated heterocycles. The van der Waals surface area contributed by atoms with Gasteiger partial charge in [-0.05, 0) is 44.9 Å². The minimum absolute atomic E-state index is 0.0461. The maximum absolute atomic E-state index is 13.1. The van der Waals surface area contributed by atoms with E-state index < -0.39 is 23.9 Å². The summed E-state index contributed by atoms with van der Waals surface area (Å²) >= 11 is 0. The number of rotatable bonds is 13. The first kappa shape index (κ1) is 29.2. The summed E-state index contributed by atoms with van der Waals surface area (Å²) in [4.78, 5) is 56.5. The lowest BCUT2D eigenvalue weighted by Gasteiger charge is -2.30. The van der Waals surface area contributed by atoms with E-state index in [4.69, 9.17) is 5.41 Å². The predicted molar refractivity (Wildman–Crippen MR) is 140 cm³/mol. The monoisotopic (exact) mass is 502 g/mol. The van der Waals surface area contributed by atoms with Crippen LogP contribution in [0.3, 0.4) is 0 Å². The Kier molecular flexibility index (Phi) is 12.3. The van der Waals surface area contributed by atoms with Gasteiger partial charge in [-0.25, -0.2) is 0 Å². The van der Waals surface area contributed by atoms with Crippen LogP contribution >= 0.6 is 0 Å². The van der Waals surface area contributed by atoms with Crippen LogP contribution in [0.4, 0.5) is 0 Å². The minimum Gasteiger partial charge on any atom is -0.352 e. The number of nitrogens with zero attached hydrogens (tertiary/aromatic N) is 2. The smallest absolute Gasteiger partial charge is 0.271 e. The number of carbonyl (C=O) groups excluding carboxylic acids is 4. The Balaban J connectivity index is 1.98. The van der Waals surface area contributed by atoms with Crippen molar-refractivity contribution in [3.05, 3.63) is 12.8 Å². The number of amides is 4. The van der Waals surface area contributed by atoms with Gasteiger partial charge in [-0.15, -0.1) is 0 Å². The van der Waals surface area contributed by atoms with Crippen LogP contribution in [0.25, 0.3) is 0 Å². The number of hydrogen-bond acceptors (Lipinski definition) is 6. The molecule has 0 aromatic heterocycles. The summed E-state index contributed by atoms with van der Waals surface area (Å²) in [7, 11) is 0. The quantitative estimate of drug-likeness (QED) is 0.286. The highest BCUT2D eigenvalue weighted by Gasteiger charge is 2.36. The van der Waals surface area contributed by atoms with E-state index in [0.717, 1.165) is 64.0 Å². The van der Waals surface area contributed by atoms with E-state index in [-0.39, 0.29) is 36.0 Å². The van der Waals surface area contributed by atoms with Gasteiger partial charge in [0.15, 0.2) is 0 Å². The van der Waals surface area contributed by atoms with Gasteiger partial charge >= 0.3 is 0 Å². The van der Waals surface area contributed by atoms with Crippen LogP contribution in [0.2, 0.25) is 0 Å². The zero-order valence-corrected chi connectivity index (χ0v) is 21.7. The molecule has 0 spiro atoms. The fourth-order valence-corrected chi connectivity index (χ4v) is 4.90. The van der Waals surface area contributed by atoms with Gasteiger partial charge in [0.2, 0.25) is 17.7 Å². The molecular weight excluding hydrogens is 460 g/mol. The first-order chi connectivity index (χ1) is 17.3. The second-order valence-corrected chi connectivity index (χ2v) is 9.74. The Morgan fingerprint density at radius 1 is 1.11 bits per heavy atom. The third-order valence-corrected chi connectivity index (χ3v) is 6.91. The number of carbonyl (C=O) groups is 4. The molecule has 36 heavy (non-hydrogen) atoms. The number of nitrogens with one attached hydrogen (secondary N) is 4. The summed E-state index contributed by atoms with van der Waals surface area (Å²) in [5.41, 5.74) is -0.376. The summed E-state index contributed by atoms with van der Waals surface area (Å²) < 4.78 is 0. The molecule has 0 aromatic carbocycles. The van der Waals surface area contributed by atoms with E-state index in [1.54, 1.807) is 0 Å². The van der Waals surface area contributed by atoms with Crippen molar-refractivity contribution in [1.29, 1.82) is 5.41 Å². The molecule has 1 heterocycles. The number of aliphatic imine (C=N–C) groups is 1. The van der Waals surface area contributed by atoms with Gasteiger partial charge in [-0.1, -0.05) is 45.6 Å². The molecule has 0 radical (unpaired) electrons. The molecule has 4 N–H and O–H groups in total. The molecule has 0 bridgehead atoms. The maximum Gasteiger partial charge on any atom is 0.271 e. The van der Waals surface area contributed by atoms with E-state index in [1.807, 2.05) is 6.92 Å².